The largest absolute Gasteiger partial charge is 0.388 e. The van der Waals surface area contributed by atoms with E-state index in [0.29, 0.717) is 25.9 Å². The summed E-state index contributed by atoms with van der Waals surface area (Å²) in [4.78, 5) is 31.8. The Bertz CT molecular complexity index is 1080. The summed E-state index contributed by atoms with van der Waals surface area (Å²) >= 11 is 0. The third kappa shape index (κ3) is 4.63. The number of carbonyl (C=O) groups excluding carboxylic acids is 2. The molecule has 0 bridgehead atoms. The number of β-amino-alcohol motifs (C(OH)–C–C–N with tert-alkyl or cyclic N) is 1. The Morgan fingerprint density at radius 2 is 1.67 bits per heavy atom. The third-order valence-electron chi connectivity index (χ3n) is 9.16. The predicted octanol–water partition coefficient (Wildman–Crippen LogP) is 1.32. The van der Waals surface area contributed by atoms with Crippen LogP contribution in [-0.2, 0) is 20.2 Å². The van der Waals surface area contributed by atoms with Gasteiger partial charge < -0.3 is 25.1 Å². The van der Waals surface area contributed by atoms with Gasteiger partial charge in [-0.15, -0.1) is 0 Å². The fourth-order valence-electron chi connectivity index (χ4n) is 6.51. The normalized spacial score (nSPS) is 31.5. The zero-order valence-electron chi connectivity index (χ0n) is 21.1. The summed E-state index contributed by atoms with van der Waals surface area (Å²) in [5.74, 6) is -0.259. The molecule has 2 saturated heterocycles. The lowest BCUT2D eigenvalue weighted by molar-refractivity contribution is -0.131. The van der Waals surface area contributed by atoms with Crippen LogP contribution >= 0.6 is 0 Å². The molecule has 0 atom stereocenters. The minimum atomic E-state index is -3.09. The number of amides is 3. The quantitative estimate of drug-likeness (QED) is 0.588. The molecule has 4 fully saturated rings. The van der Waals surface area contributed by atoms with Gasteiger partial charge in [-0.25, -0.2) is 13.2 Å². The first-order valence-electron chi connectivity index (χ1n) is 13.1. The van der Waals surface area contributed by atoms with Crippen LogP contribution < -0.4 is 5.32 Å². The summed E-state index contributed by atoms with van der Waals surface area (Å²) in [6.45, 7) is 1.06. The molecule has 9 nitrogen and oxygen atoms in total. The zero-order chi connectivity index (χ0) is 25.6. The summed E-state index contributed by atoms with van der Waals surface area (Å²) in [5.41, 5.74) is -0.205. The van der Waals surface area contributed by atoms with Crippen molar-refractivity contribution in [3.63, 3.8) is 0 Å². The lowest BCUT2D eigenvalue weighted by Gasteiger charge is -2.50. The van der Waals surface area contributed by atoms with Gasteiger partial charge >= 0.3 is 6.03 Å². The maximum absolute atomic E-state index is 13.7. The molecule has 0 radical (unpaired) electrons. The van der Waals surface area contributed by atoms with Crippen LogP contribution in [-0.4, -0.2) is 103 Å². The van der Waals surface area contributed by atoms with Crippen molar-refractivity contribution >= 4 is 21.8 Å². The first kappa shape index (κ1) is 25.5. The number of rotatable bonds is 6. The van der Waals surface area contributed by atoms with E-state index in [4.69, 9.17) is 0 Å². The Morgan fingerprint density at radius 3 is 2.22 bits per heavy atom. The Hall–Kier alpha value is -2.17. The molecule has 1 spiro atoms. The van der Waals surface area contributed by atoms with Crippen molar-refractivity contribution in [2.75, 3.05) is 51.3 Å². The number of nitrogens with zero attached hydrogens (tertiary/aromatic N) is 3. The molecule has 2 aliphatic carbocycles. The molecular formula is C26H38N4O5S. The Kier molecular flexibility index (Phi) is 6.58. The van der Waals surface area contributed by atoms with E-state index < -0.39 is 21.0 Å². The van der Waals surface area contributed by atoms with E-state index in [9.17, 15) is 23.1 Å². The van der Waals surface area contributed by atoms with Crippen molar-refractivity contribution in [2.24, 2.45) is 0 Å². The molecule has 198 valence electrons. The van der Waals surface area contributed by atoms with Crippen molar-refractivity contribution in [1.82, 2.24) is 20.0 Å². The van der Waals surface area contributed by atoms with Crippen molar-refractivity contribution in [3.05, 3.63) is 35.9 Å². The molecule has 10 heteroatoms. The molecule has 3 amide bonds. The number of aliphatic hydroxyl groups is 1. The van der Waals surface area contributed by atoms with Crippen molar-refractivity contribution in [2.45, 2.75) is 61.6 Å². The number of hydrogen-bond donors (Lipinski definition) is 2. The molecule has 2 saturated carbocycles. The van der Waals surface area contributed by atoms with Crippen LogP contribution in [0.3, 0.4) is 0 Å². The summed E-state index contributed by atoms with van der Waals surface area (Å²) in [7, 11) is -1.10. The number of sulfone groups is 1. The summed E-state index contributed by atoms with van der Waals surface area (Å²) in [5, 5.41) is 14.5. The molecule has 2 heterocycles. The summed E-state index contributed by atoms with van der Waals surface area (Å²) in [6.07, 6.45) is 5.59. The van der Waals surface area contributed by atoms with Crippen LogP contribution in [0.25, 0.3) is 0 Å². The third-order valence-corrected chi connectivity index (χ3v) is 10.8. The molecular weight excluding hydrogens is 480 g/mol. The molecule has 5 rings (SSSR count). The molecule has 36 heavy (non-hydrogen) atoms. The van der Waals surface area contributed by atoms with Gasteiger partial charge in [0.05, 0.1) is 29.2 Å². The van der Waals surface area contributed by atoms with Gasteiger partial charge in [-0.3, -0.25) is 4.79 Å². The minimum absolute atomic E-state index is 0.0264. The van der Waals surface area contributed by atoms with Gasteiger partial charge in [0.15, 0.2) is 9.84 Å². The highest BCUT2D eigenvalue weighted by Gasteiger charge is 2.56. The van der Waals surface area contributed by atoms with E-state index in [1.807, 2.05) is 18.0 Å². The van der Waals surface area contributed by atoms with Gasteiger partial charge in [0.25, 0.3) is 0 Å². The van der Waals surface area contributed by atoms with E-state index in [-0.39, 0.29) is 48.6 Å². The van der Waals surface area contributed by atoms with Crippen molar-refractivity contribution < 1.29 is 23.1 Å². The maximum Gasteiger partial charge on any atom is 0.321 e. The first-order valence-corrected chi connectivity index (χ1v) is 14.9. The second kappa shape index (κ2) is 9.29. The lowest BCUT2D eigenvalue weighted by Crippen LogP contribution is -2.59. The molecule has 4 aliphatic rings. The number of nitrogens with one attached hydrogen (secondary N) is 1. The van der Waals surface area contributed by atoms with E-state index >= 15 is 0 Å². The summed E-state index contributed by atoms with van der Waals surface area (Å²) in [6, 6.07) is 10.2. The van der Waals surface area contributed by atoms with Crippen LogP contribution in [0.5, 0.6) is 0 Å². The number of urea groups is 1. The Balaban J connectivity index is 1.34. The highest BCUT2D eigenvalue weighted by molar-refractivity contribution is 7.91. The first-order chi connectivity index (χ1) is 17.1. The SMILES string of the molecule is CN[C@]1(c2ccccc2)CC[C@]2(CC1)CN(CC(=O)N1CCS(=O)(=O)CC1)C(=O)N2CC1(O)CCC1. The van der Waals surface area contributed by atoms with Gasteiger partial charge in [0.2, 0.25) is 5.91 Å². The smallest absolute Gasteiger partial charge is 0.321 e. The van der Waals surface area contributed by atoms with E-state index in [2.05, 4.69) is 29.6 Å². The summed E-state index contributed by atoms with van der Waals surface area (Å²) < 4.78 is 23.5. The van der Waals surface area contributed by atoms with Crippen LogP contribution in [0.1, 0.15) is 50.5 Å². The van der Waals surface area contributed by atoms with E-state index in [1.54, 1.807) is 9.80 Å². The second-order valence-electron chi connectivity index (χ2n) is 11.3. The Labute approximate surface area is 213 Å². The maximum atomic E-state index is 13.7. The van der Waals surface area contributed by atoms with Crippen molar-refractivity contribution in [1.29, 1.82) is 0 Å². The van der Waals surface area contributed by atoms with Gasteiger partial charge in [0.1, 0.15) is 6.54 Å². The fraction of sp³-hybridized carbons (Fsp3) is 0.692. The van der Waals surface area contributed by atoms with E-state index in [0.717, 1.165) is 32.1 Å². The van der Waals surface area contributed by atoms with Crippen LogP contribution in [0, 0.1) is 0 Å². The van der Waals surface area contributed by atoms with Crippen molar-refractivity contribution in [3.8, 4) is 0 Å². The van der Waals surface area contributed by atoms with Crippen LogP contribution in [0.15, 0.2) is 30.3 Å². The molecule has 2 N–H and O–H groups in total. The molecule has 1 aromatic carbocycles. The monoisotopic (exact) mass is 518 g/mol. The second-order valence-corrected chi connectivity index (χ2v) is 13.6. The highest BCUT2D eigenvalue weighted by Crippen LogP contribution is 2.48. The number of hydrogen-bond acceptors (Lipinski definition) is 6. The van der Waals surface area contributed by atoms with E-state index in [1.165, 1.54) is 5.56 Å². The standard InChI is InChI=1S/C26H38N4O5S/c1-27-26(21-6-3-2-4-7-21)12-10-24(11-13-26)19-29(23(32)30(24)20-25(33)8-5-9-25)18-22(31)28-14-16-36(34,35)17-15-28/h2-4,6-7,27,33H,5,8-20H2,1H3/t24-,26+. The number of carbonyl (C=O) groups is 2. The average molecular weight is 519 g/mol. The predicted molar refractivity (Wildman–Crippen MR) is 136 cm³/mol. The molecule has 0 aromatic heterocycles. The van der Waals surface area contributed by atoms with Gasteiger partial charge in [0, 0.05) is 25.2 Å². The average Bonchev–Trinajstić information content (AvgIpc) is 3.09. The molecule has 2 aliphatic heterocycles. The van der Waals surface area contributed by atoms with Gasteiger partial charge in [-0.1, -0.05) is 30.3 Å². The van der Waals surface area contributed by atoms with Crippen LogP contribution in [0.4, 0.5) is 4.79 Å². The molecule has 1 aromatic rings. The minimum Gasteiger partial charge on any atom is -0.388 e. The van der Waals surface area contributed by atoms with Crippen LogP contribution in [0.2, 0.25) is 0 Å². The molecule has 0 unspecified atom stereocenters. The Morgan fingerprint density at radius 1 is 1.03 bits per heavy atom. The zero-order valence-corrected chi connectivity index (χ0v) is 21.9. The number of benzene rings is 1. The fourth-order valence-corrected chi connectivity index (χ4v) is 7.71. The highest BCUT2D eigenvalue weighted by atomic mass is 32.2. The van der Waals surface area contributed by atoms with Gasteiger partial charge in [-0.2, -0.15) is 0 Å². The topological polar surface area (TPSA) is 110 Å². The van der Waals surface area contributed by atoms with Gasteiger partial charge in [-0.05, 0) is 57.6 Å². The lowest BCUT2D eigenvalue weighted by atomic mass is 9.68.